The molecule has 0 spiro atoms. The summed E-state index contributed by atoms with van der Waals surface area (Å²) in [6, 6.07) is 0. The lowest BCUT2D eigenvalue weighted by molar-refractivity contribution is 0.607. The van der Waals surface area contributed by atoms with Crippen LogP contribution >= 0.6 is 0 Å². The molecule has 4 nitrogen and oxygen atoms in total. The van der Waals surface area contributed by atoms with Gasteiger partial charge in [-0.1, -0.05) is 6.92 Å². The Bertz CT molecular complexity index is 279. The Labute approximate surface area is 78.4 Å². The summed E-state index contributed by atoms with van der Waals surface area (Å²) in [4.78, 5) is 14.3. The van der Waals surface area contributed by atoms with Crippen molar-refractivity contribution in [3.8, 4) is 0 Å². The van der Waals surface area contributed by atoms with E-state index in [1.807, 2.05) is 19.0 Å². The Kier molecular flexibility index (Phi) is 3.37. The lowest BCUT2D eigenvalue weighted by Gasteiger charge is -2.13. The Hall–Kier alpha value is -1.45. The first kappa shape index (κ1) is 9.64. The Morgan fingerprint density at radius 2 is 2.23 bits per heavy atom. The molecule has 0 radical (unpaired) electrons. The Morgan fingerprint density at radius 1 is 1.46 bits per heavy atom. The van der Waals surface area contributed by atoms with Gasteiger partial charge in [0.05, 0.1) is 6.20 Å². The number of hydrogen-bond acceptors (Lipinski definition) is 3. The summed E-state index contributed by atoms with van der Waals surface area (Å²) in [5, 5.41) is 0. The van der Waals surface area contributed by atoms with Gasteiger partial charge >= 0.3 is 0 Å². The van der Waals surface area contributed by atoms with Gasteiger partial charge in [-0.15, -0.1) is 0 Å². The van der Waals surface area contributed by atoms with Crippen LogP contribution in [0.25, 0.3) is 0 Å². The second kappa shape index (κ2) is 4.54. The van der Waals surface area contributed by atoms with Gasteiger partial charge in [0.2, 0.25) is 0 Å². The van der Waals surface area contributed by atoms with E-state index in [4.69, 9.17) is 0 Å². The lowest BCUT2D eigenvalue weighted by Crippen LogP contribution is -2.20. The SMILES string of the molecule is CCC(=Nc1cnccn1)N(C)C. The summed E-state index contributed by atoms with van der Waals surface area (Å²) in [6.45, 7) is 2.06. The molecule has 0 aromatic carbocycles. The summed E-state index contributed by atoms with van der Waals surface area (Å²) < 4.78 is 0. The molecule has 0 saturated heterocycles. The van der Waals surface area contributed by atoms with Crippen LogP contribution in [0.15, 0.2) is 23.6 Å². The zero-order chi connectivity index (χ0) is 9.68. The van der Waals surface area contributed by atoms with Gasteiger partial charge in [0.25, 0.3) is 0 Å². The fourth-order valence-electron chi connectivity index (χ4n) is 0.976. The zero-order valence-electron chi connectivity index (χ0n) is 8.23. The molecule has 1 aromatic heterocycles. The molecule has 1 heterocycles. The molecule has 0 aliphatic heterocycles. The molecule has 0 atom stereocenters. The molecule has 0 bridgehead atoms. The molecule has 0 amide bonds. The summed E-state index contributed by atoms with van der Waals surface area (Å²) in [5.74, 6) is 1.66. The van der Waals surface area contributed by atoms with Crippen LogP contribution in [0.3, 0.4) is 0 Å². The van der Waals surface area contributed by atoms with Crippen LogP contribution in [0.2, 0.25) is 0 Å². The number of hydrogen-bond donors (Lipinski definition) is 0. The average molecular weight is 178 g/mol. The molecular weight excluding hydrogens is 164 g/mol. The Morgan fingerprint density at radius 3 is 2.69 bits per heavy atom. The third-order valence-electron chi connectivity index (χ3n) is 1.63. The lowest BCUT2D eigenvalue weighted by atomic mass is 10.4. The highest BCUT2D eigenvalue weighted by molar-refractivity contribution is 5.83. The first-order valence-corrected chi connectivity index (χ1v) is 4.25. The zero-order valence-corrected chi connectivity index (χ0v) is 8.23. The van der Waals surface area contributed by atoms with Gasteiger partial charge in [0, 0.05) is 32.9 Å². The van der Waals surface area contributed by atoms with Crippen LogP contribution in [0.5, 0.6) is 0 Å². The second-order valence-corrected chi connectivity index (χ2v) is 2.84. The summed E-state index contributed by atoms with van der Waals surface area (Å²) in [7, 11) is 3.94. The van der Waals surface area contributed by atoms with E-state index in [1.54, 1.807) is 18.6 Å². The average Bonchev–Trinajstić information content (AvgIpc) is 2.15. The predicted octanol–water partition coefficient (Wildman–Crippen LogP) is 1.48. The maximum atomic E-state index is 4.35. The minimum atomic E-state index is 0.660. The third kappa shape index (κ3) is 2.82. The highest BCUT2D eigenvalue weighted by Crippen LogP contribution is 2.05. The van der Waals surface area contributed by atoms with Gasteiger partial charge < -0.3 is 4.90 Å². The predicted molar refractivity (Wildman–Crippen MR) is 53.1 cm³/mol. The summed E-state index contributed by atoms with van der Waals surface area (Å²) in [5.41, 5.74) is 0. The Balaban J connectivity index is 2.85. The van der Waals surface area contributed by atoms with Crippen molar-refractivity contribution >= 4 is 11.7 Å². The fraction of sp³-hybridized carbons (Fsp3) is 0.444. The number of aromatic nitrogens is 2. The molecule has 70 valence electrons. The first-order valence-electron chi connectivity index (χ1n) is 4.25. The van der Waals surface area contributed by atoms with E-state index < -0.39 is 0 Å². The van der Waals surface area contributed by atoms with Crippen LogP contribution < -0.4 is 0 Å². The fourth-order valence-corrected chi connectivity index (χ4v) is 0.976. The number of rotatable bonds is 2. The van der Waals surface area contributed by atoms with Crippen molar-refractivity contribution in [2.45, 2.75) is 13.3 Å². The van der Waals surface area contributed by atoms with Crippen LogP contribution in [-0.4, -0.2) is 34.8 Å². The van der Waals surface area contributed by atoms with Crippen LogP contribution in [0, 0.1) is 0 Å². The van der Waals surface area contributed by atoms with E-state index in [-0.39, 0.29) is 0 Å². The van der Waals surface area contributed by atoms with E-state index in [0.717, 1.165) is 12.3 Å². The van der Waals surface area contributed by atoms with E-state index in [1.165, 1.54) is 0 Å². The molecule has 1 rings (SSSR count). The van der Waals surface area contributed by atoms with Gasteiger partial charge in [-0.2, -0.15) is 0 Å². The van der Waals surface area contributed by atoms with Crippen molar-refractivity contribution in [2.75, 3.05) is 14.1 Å². The van der Waals surface area contributed by atoms with Crippen molar-refractivity contribution in [1.82, 2.24) is 14.9 Å². The molecule has 13 heavy (non-hydrogen) atoms. The monoisotopic (exact) mass is 178 g/mol. The number of amidine groups is 1. The van der Waals surface area contributed by atoms with Crippen molar-refractivity contribution in [3.05, 3.63) is 18.6 Å². The first-order chi connectivity index (χ1) is 6.24. The van der Waals surface area contributed by atoms with Crippen molar-refractivity contribution in [2.24, 2.45) is 4.99 Å². The highest BCUT2D eigenvalue weighted by Gasteiger charge is 1.98. The molecule has 4 heteroatoms. The molecule has 0 unspecified atom stereocenters. The van der Waals surface area contributed by atoms with Crippen LogP contribution in [-0.2, 0) is 0 Å². The highest BCUT2D eigenvalue weighted by atomic mass is 15.1. The smallest absolute Gasteiger partial charge is 0.172 e. The minimum absolute atomic E-state index is 0.660. The van der Waals surface area contributed by atoms with Gasteiger partial charge in [-0.25, -0.2) is 9.98 Å². The molecular formula is C9H14N4. The summed E-state index contributed by atoms with van der Waals surface area (Å²) >= 11 is 0. The normalized spacial score (nSPS) is 11.5. The molecule has 1 aromatic rings. The van der Waals surface area contributed by atoms with Gasteiger partial charge in [-0.3, -0.25) is 4.98 Å². The van der Waals surface area contributed by atoms with Crippen molar-refractivity contribution in [1.29, 1.82) is 0 Å². The van der Waals surface area contributed by atoms with E-state index in [2.05, 4.69) is 21.9 Å². The van der Waals surface area contributed by atoms with Crippen molar-refractivity contribution in [3.63, 3.8) is 0 Å². The molecule has 0 aliphatic carbocycles. The van der Waals surface area contributed by atoms with E-state index >= 15 is 0 Å². The van der Waals surface area contributed by atoms with Crippen molar-refractivity contribution < 1.29 is 0 Å². The van der Waals surface area contributed by atoms with Gasteiger partial charge in [0.15, 0.2) is 5.82 Å². The van der Waals surface area contributed by atoms with Crippen LogP contribution in [0.4, 0.5) is 5.82 Å². The number of nitrogens with zero attached hydrogens (tertiary/aromatic N) is 4. The van der Waals surface area contributed by atoms with Gasteiger partial charge in [-0.05, 0) is 0 Å². The topological polar surface area (TPSA) is 41.4 Å². The largest absolute Gasteiger partial charge is 0.366 e. The third-order valence-corrected chi connectivity index (χ3v) is 1.63. The standard InChI is InChI=1S/C9H14N4/c1-4-9(13(2)3)12-8-7-10-5-6-11-8/h5-7H,4H2,1-3H3. The number of aliphatic imine (C=N–C) groups is 1. The molecule has 0 fully saturated rings. The maximum absolute atomic E-state index is 4.35. The molecule has 0 N–H and O–H groups in total. The molecule has 0 saturated carbocycles. The minimum Gasteiger partial charge on any atom is -0.366 e. The second-order valence-electron chi connectivity index (χ2n) is 2.84. The maximum Gasteiger partial charge on any atom is 0.172 e. The van der Waals surface area contributed by atoms with Crippen LogP contribution in [0.1, 0.15) is 13.3 Å². The quantitative estimate of drug-likeness (QED) is 0.508. The molecule has 0 aliphatic rings. The summed E-state index contributed by atoms with van der Waals surface area (Å²) in [6.07, 6.45) is 5.82. The van der Waals surface area contributed by atoms with Gasteiger partial charge in [0.1, 0.15) is 5.84 Å². The van der Waals surface area contributed by atoms with E-state index in [0.29, 0.717) is 5.82 Å². The van der Waals surface area contributed by atoms with E-state index in [9.17, 15) is 0 Å².